The summed E-state index contributed by atoms with van der Waals surface area (Å²) in [6.07, 6.45) is 6.14. The van der Waals surface area contributed by atoms with Crippen molar-refractivity contribution in [2.45, 2.75) is 24.7 Å². The minimum Gasteiger partial charge on any atom is -0.321 e. The Labute approximate surface area is 169 Å². The smallest absolute Gasteiger partial charge is 0.275 e. The van der Waals surface area contributed by atoms with Gasteiger partial charge in [-0.3, -0.25) is 9.36 Å². The Bertz CT molecular complexity index is 1130. The molecule has 3 heterocycles. The van der Waals surface area contributed by atoms with Gasteiger partial charge in [-0.2, -0.15) is 4.31 Å². The number of hydrogen-bond donors (Lipinski definition) is 1. The lowest BCUT2D eigenvalue weighted by Crippen LogP contribution is -2.27. The van der Waals surface area contributed by atoms with Crippen molar-refractivity contribution in [1.82, 2.24) is 18.8 Å². The van der Waals surface area contributed by atoms with Crippen LogP contribution >= 0.6 is 0 Å². The second-order valence-electron chi connectivity index (χ2n) is 6.95. The first-order valence-electron chi connectivity index (χ1n) is 9.32. The molecule has 1 fully saturated rings. The van der Waals surface area contributed by atoms with E-state index in [1.165, 1.54) is 22.9 Å². The van der Waals surface area contributed by atoms with Gasteiger partial charge in [0.2, 0.25) is 10.0 Å². The Hall–Kier alpha value is -3.04. The van der Waals surface area contributed by atoms with Crippen LogP contribution in [0.1, 0.15) is 28.9 Å². The normalized spacial score (nSPS) is 14.8. The molecule has 0 spiro atoms. The fourth-order valence-electron chi connectivity index (χ4n) is 3.24. The van der Waals surface area contributed by atoms with Gasteiger partial charge in [0, 0.05) is 31.2 Å². The molecule has 150 valence electrons. The monoisotopic (exact) mass is 411 g/mol. The molecule has 1 aliphatic heterocycles. The highest BCUT2D eigenvalue weighted by atomic mass is 32.2. The number of imidazole rings is 1. The van der Waals surface area contributed by atoms with Crippen LogP contribution < -0.4 is 5.32 Å². The van der Waals surface area contributed by atoms with Crippen LogP contribution in [0.3, 0.4) is 0 Å². The first-order chi connectivity index (χ1) is 13.9. The minimum absolute atomic E-state index is 0.167. The largest absolute Gasteiger partial charge is 0.321 e. The molecule has 1 aliphatic rings. The Morgan fingerprint density at radius 2 is 1.90 bits per heavy atom. The molecule has 0 bridgehead atoms. The maximum Gasteiger partial charge on any atom is 0.275 e. The van der Waals surface area contributed by atoms with Crippen LogP contribution in [0.25, 0.3) is 5.82 Å². The number of nitrogens with one attached hydrogen (secondary N) is 1. The number of sulfonamides is 1. The lowest BCUT2D eigenvalue weighted by molar-refractivity contribution is 0.102. The molecular formula is C20H21N5O3S. The molecule has 3 aromatic rings. The summed E-state index contributed by atoms with van der Waals surface area (Å²) in [4.78, 5) is 20.9. The zero-order chi connectivity index (χ0) is 20.4. The highest BCUT2D eigenvalue weighted by molar-refractivity contribution is 7.89. The number of benzene rings is 1. The minimum atomic E-state index is -3.50. The third-order valence-corrected chi connectivity index (χ3v) is 6.66. The molecule has 0 saturated carbocycles. The van der Waals surface area contributed by atoms with Gasteiger partial charge in [0.1, 0.15) is 22.7 Å². The predicted octanol–water partition coefficient (Wildman–Crippen LogP) is 2.61. The molecular weight excluding hydrogens is 390 g/mol. The van der Waals surface area contributed by atoms with Gasteiger partial charge in [0.05, 0.1) is 0 Å². The maximum atomic E-state index is 12.6. The molecule has 0 aliphatic carbocycles. The van der Waals surface area contributed by atoms with Gasteiger partial charge in [-0.1, -0.05) is 12.1 Å². The van der Waals surface area contributed by atoms with Gasteiger partial charge in [-0.05, 0) is 49.6 Å². The standard InChI is InChI=1S/C20H21N5O3S/c1-15-5-4-6-16(11-15)23-20(26)18-13-24(14-22-18)19-8-7-17(12-21-19)29(27,28)25-9-2-3-10-25/h4-8,11-14H,2-3,9-10H2,1H3,(H,23,26). The first kappa shape index (κ1) is 19.3. The topological polar surface area (TPSA) is 97.2 Å². The zero-order valence-electron chi connectivity index (χ0n) is 15.9. The summed E-state index contributed by atoms with van der Waals surface area (Å²) in [5, 5.41) is 2.80. The van der Waals surface area contributed by atoms with Crippen molar-refractivity contribution in [3.05, 3.63) is 66.4 Å². The van der Waals surface area contributed by atoms with Gasteiger partial charge in [0.15, 0.2) is 0 Å². The number of aryl methyl sites for hydroxylation is 1. The Kier molecular flexibility index (Phi) is 5.16. The fourth-order valence-corrected chi connectivity index (χ4v) is 4.70. The first-order valence-corrected chi connectivity index (χ1v) is 10.8. The van der Waals surface area contributed by atoms with Gasteiger partial charge in [-0.15, -0.1) is 0 Å². The molecule has 0 unspecified atom stereocenters. The van der Waals surface area contributed by atoms with E-state index in [1.807, 2.05) is 31.2 Å². The van der Waals surface area contributed by atoms with Crippen LogP contribution in [-0.4, -0.2) is 46.3 Å². The number of hydrogen-bond acceptors (Lipinski definition) is 5. The van der Waals surface area contributed by atoms with Crippen LogP contribution in [0.2, 0.25) is 0 Å². The quantitative estimate of drug-likeness (QED) is 0.696. The molecule has 4 rings (SSSR count). The van der Waals surface area contributed by atoms with E-state index in [2.05, 4.69) is 15.3 Å². The van der Waals surface area contributed by atoms with Crippen molar-refractivity contribution in [3.8, 4) is 5.82 Å². The summed E-state index contributed by atoms with van der Waals surface area (Å²) in [7, 11) is -3.50. The molecule has 29 heavy (non-hydrogen) atoms. The number of amides is 1. The Morgan fingerprint density at radius 1 is 1.10 bits per heavy atom. The molecule has 0 radical (unpaired) electrons. The Balaban J connectivity index is 1.50. The van der Waals surface area contributed by atoms with Crippen LogP contribution in [0.15, 0.2) is 60.0 Å². The average molecular weight is 411 g/mol. The summed E-state index contributed by atoms with van der Waals surface area (Å²) >= 11 is 0. The molecule has 1 amide bonds. The van der Waals surface area contributed by atoms with E-state index in [4.69, 9.17) is 0 Å². The maximum absolute atomic E-state index is 12.6. The van der Waals surface area contributed by atoms with Crippen molar-refractivity contribution < 1.29 is 13.2 Å². The van der Waals surface area contributed by atoms with Crippen LogP contribution in [0, 0.1) is 6.92 Å². The Morgan fingerprint density at radius 3 is 2.59 bits per heavy atom. The van der Waals surface area contributed by atoms with E-state index in [-0.39, 0.29) is 16.5 Å². The van der Waals surface area contributed by atoms with Gasteiger partial charge in [0.25, 0.3) is 5.91 Å². The number of aromatic nitrogens is 3. The SMILES string of the molecule is Cc1cccc(NC(=O)c2cn(-c3ccc(S(=O)(=O)N4CCCC4)cn3)cn2)c1. The van der Waals surface area contributed by atoms with E-state index >= 15 is 0 Å². The zero-order valence-corrected chi connectivity index (χ0v) is 16.8. The van der Waals surface area contributed by atoms with Crippen molar-refractivity contribution >= 4 is 21.6 Å². The predicted molar refractivity (Wildman–Crippen MR) is 108 cm³/mol. The number of carbonyl (C=O) groups is 1. The summed E-state index contributed by atoms with van der Waals surface area (Å²) < 4.78 is 28.2. The molecule has 2 aromatic heterocycles. The van der Waals surface area contributed by atoms with Gasteiger partial charge >= 0.3 is 0 Å². The number of anilines is 1. The number of carbonyl (C=O) groups excluding carboxylic acids is 1. The summed E-state index contributed by atoms with van der Waals surface area (Å²) in [5.74, 6) is 0.148. The van der Waals surface area contributed by atoms with Crippen LogP contribution in [0.5, 0.6) is 0 Å². The van der Waals surface area contributed by atoms with Gasteiger partial charge in [-0.25, -0.2) is 18.4 Å². The molecule has 8 nitrogen and oxygen atoms in total. The van der Waals surface area contributed by atoms with Crippen LogP contribution in [0.4, 0.5) is 5.69 Å². The van der Waals surface area contributed by atoms with Crippen molar-refractivity contribution in [2.75, 3.05) is 18.4 Å². The van der Waals surface area contributed by atoms with Crippen molar-refractivity contribution in [1.29, 1.82) is 0 Å². The lowest BCUT2D eigenvalue weighted by Gasteiger charge is -2.15. The third-order valence-electron chi connectivity index (χ3n) is 4.78. The second kappa shape index (κ2) is 7.76. The molecule has 9 heteroatoms. The van der Waals surface area contributed by atoms with E-state index in [9.17, 15) is 13.2 Å². The number of rotatable bonds is 5. The average Bonchev–Trinajstić information content (AvgIpc) is 3.41. The molecule has 1 aromatic carbocycles. The summed E-state index contributed by atoms with van der Waals surface area (Å²) in [6, 6.07) is 10.6. The molecule has 0 atom stereocenters. The molecule has 1 saturated heterocycles. The summed E-state index contributed by atoms with van der Waals surface area (Å²) in [5.41, 5.74) is 1.97. The fraction of sp³-hybridized carbons (Fsp3) is 0.250. The number of nitrogens with zero attached hydrogens (tertiary/aromatic N) is 4. The van der Waals surface area contributed by atoms with E-state index in [1.54, 1.807) is 16.8 Å². The number of pyridine rings is 1. The van der Waals surface area contributed by atoms with Crippen molar-refractivity contribution in [3.63, 3.8) is 0 Å². The third kappa shape index (κ3) is 4.06. The van der Waals surface area contributed by atoms with E-state index in [0.717, 1.165) is 18.4 Å². The van der Waals surface area contributed by atoms with Crippen LogP contribution in [-0.2, 0) is 10.0 Å². The van der Waals surface area contributed by atoms with Gasteiger partial charge < -0.3 is 5.32 Å². The molecule has 1 N–H and O–H groups in total. The summed E-state index contributed by atoms with van der Waals surface area (Å²) in [6.45, 7) is 3.04. The highest BCUT2D eigenvalue weighted by Gasteiger charge is 2.27. The van der Waals surface area contributed by atoms with Crippen molar-refractivity contribution in [2.24, 2.45) is 0 Å². The van der Waals surface area contributed by atoms with E-state index < -0.39 is 10.0 Å². The second-order valence-corrected chi connectivity index (χ2v) is 8.89. The lowest BCUT2D eigenvalue weighted by atomic mass is 10.2. The van der Waals surface area contributed by atoms with E-state index in [0.29, 0.717) is 24.6 Å². The highest BCUT2D eigenvalue weighted by Crippen LogP contribution is 2.21.